The number of ether oxygens (including phenoxy) is 1. The number of imidazole rings is 1. The van der Waals surface area contributed by atoms with Gasteiger partial charge in [0.25, 0.3) is 0 Å². The van der Waals surface area contributed by atoms with Gasteiger partial charge in [-0.1, -0.05) is 50.1 Å². The predicted molar refractivity (Wildman–Crippen MR) is 106 cm³/mol. The number of hydrogen-bond donors (Lipinski definition) is 2. The monoisotopic (exact) mass is 404 g/mol. The molecule has 1 aliphatic rings. The molecule has 2 aromatic rings. The first-order valence-corrected chi connectivity index (χ1v) is 9.77. The summed E-state index contributed by atoms with van der Waals surface area (Å²) in [7, 11) is 1.33. The maximum Gasteiger partial charge on any atom is 0.328 e. The topological polar surface area (TPSA) is 87.3 Å². The Kier molecular flexibility index (Phi) is 6.24. The zero-order chi connectivity index (χ0) is 20.3. The molecule has 0 bridgehead atoms. The number of carbonyl (C=O) groups is 2. The Bertz CT molecular complexity index is 853. The van der Waals surface area contributed by atoms with Crippen molar-refractivity contribution in [3.63, 3.8) is 0 Å². The van der Waals surface area contributed by atoms with E-state index in [1.54, 1.807) is 17.3 Å². The van der Waals surface area contributed by atoms with Gasteiger partial charge in [-0.05, 0) is 17.5 Å². The SMILES string of the molecule is CC[C@@H](C)[C@H](NC(=O)N1CCc2[nH]cnc2[C@H]1c1ccccc1Cl)C(=O)OC. The fraction of sp³-hybridized carbons (Fsp3) is 0.450. The van der Waals surface area contributed by atoms with Crippen LogP contribution < -0.4 is 5.32 Å². The molecule has 3 atom stereocenters. The van der Waals surface area contributed by atoms with Crippen LogP contribution in [0.1, 0.15) is 43.3 Å². The van der Waals surface area contributed by atoms with Gasteiger partial charge < -0.3 is 19.9 Å². The molecule has 1 aliphatic heterocycles. The van der Waals surface area contributed by atoms with E-state index in [0.717, 1.165) is 23.4 Å². The van der Waals surface area contributed by atoms with Gasteiger partial charge in [0.15, 0.2) is 0 Å². The van der Waals surface area contributed by atoms with Crippen LogP contribution in [0, 0.1) is 5.92 Å². The van der Waals surface area contributed by atoms with Crippen molar-refractivity contribution in [2.45, 2.75) is 38.8 Å². The van der Waals surface area contributed by atoms with E-state index in [2.05, 4.69) is 15.3 Å². The zero-order valence-corrected chi connectivity index (χ0v) is 17.0. The lowest BCUT2D eigenvalue weighted by molar-refractivity contribution is -0.144. The highest BCUT2D eigenvalue weighted by atomic mass is 35.5. The van der Waals surface area contributed by atoms with Gasteiger partial charge in [0.05, 0.1) is 19.1 Å². The summed E-state index contributed by atoms with van der Waals surface area (Å²) < 4.78 is 4.89. The van der Waals surface area contributed by atoms with Crippen LogP contribution in [0.5, 0.6) is 0 Å². The van der Waals surface area contributed by atoms with Crippen molar-refractivity contribution in [2.24, 2.45) is 5.92 Å². The zero-order valence-electron chi connectivity index (χ0n) is 16.2. The quantitative estimate of drug-likeness (QED) is 0.748. The largest absolute Gasteiger partial charge is 0.467 e. The Hall–Kier alpha value is -2.54. The van der Waals surface area contributed by atoms with Gasteiger partial charge in [-0.3, -0.25) is 0 Å². The van der Waals surface area contributed by atoms with Crippen molar-refractivity contribution in [3.8, 4) is 0 Å². The summed E-state index contributed by atoms with van der Waals surface area (Å²) >= 11 is 6.44. The second-order valence-electron chi connectivity index (χ2n) is 6.97. The van der Waals surface area contributed by atoms with E-state index in [-0.39, 0.29) is 11.9 Å². The first-order chi connectivity index (χ1) is 13.5. The number of aromatic amines is 1. The lowest BCUT2D eigenvalue weighted by Gasteiger charge is -2.36. The molecule has 8 heteroatoms. The van der Waals surface area contributed by atoms with Crippen LogP contribution in [0.15, 0.2) is 30.6 Å². The Morgan fingerprint density at radius 3 is 2.86 bits per heavy atom. The Morgan fingerprint density at radius 1 is 1.43 bits per heavy atom. The van der Waals surface area contributed by atoms with Gasteiger partial charge in [0, 0.05) is 23.7 Å². The fourth-order valence-corrected chi connectivity index (χ4v) is 3.76. The standard InChI is InChI=1S/C20H25ClN4O3/c1-4-12(2)16(19(26)28-3)24-20(27)25-10-9-15-17(23-11-22-15)18(25)13-7-5-6-8-14(13)21/h5-8,11-12,16,18H,4,9-10H2,1-3H3,(H,22,23)(H,24,27)/t12-,16+,18-/m1/s1. The van der Waals surface area contributed by atoms with E-state index in [9.17, 15) is 9.59 Å². The van der Waals surface area contributed by atoms with Gasteiger partial charge in [0.2, 0.25) is 0 Å². The molecule has 2 N–H and O–H groups in total. The summed E-state index contributed by atoms with van der Waals surface area (Å²) in [5.74, 6) is -0.504. The van der Waals surface area contributed by atoms with Gasteiger partial charge in [0.1, 0.15) is 12.1 Å². The third kappa shape index (κ3) is 3.85. The average molecular weight is 405 g/mol. The number of carbonyl (C=O) groups excluding carboxylic acids is 2. The Morgan fingerprint density at radius 2 is 2.18 bits per heavy atom. The Balaban J connectivity index is 1.94. The van der Waals surface area contributed by atoms with Crippen molar-refractivity contribution in [2.75, 3.05) is 13.7 Å². The number of H-pyrrole nitrogens is 1. The highest BCUT2D eigenvalue weighted by Crippen LogP contribution is 2.36. The maximum absolute atomic E-state index is 13.2. The summed E-state index contributed by atoms with van der Waals surface area (Å²) in [5, 5.41) is 3.42. The number of nitrogens with one attached hydrogen (secondary N) is 2. The number of amides is 2. The molecule has 1 aromatic carbocycles. The van der Waals surface area contributed by atoms with Gasteiger partial charge in [-0.15, -0.1) is 0 Å². The molecular formula is C20H25ClN4O3. The minimum Gasteiger partial charge on any atom is -0.467 e. The molecule has 3 rings (SSSR count). The second-order valence-corrected chi connectivity index (χ2v) is 7.38. The van der Waals surface area contributed by atoms with Crippen LogP contribution in [0.25, 0.3) is 0 Å². The van der Waals surface area contributed by atoms with Crippen LogP contribution in [0.4, 0.5) is 4.79 Å². The van der Waals surface area contributed by atoms with Gasteiger partial charge >= 0.3 is 12.0 Å². The van der Waals surface area contributed by atoms with E-state index in [0.29, 0.717) is 18.0 Å². The molecule has 0 saturated carbocycles. The summed E-state index contributed by atoms with van der Waals surface area (Å²) in [4.78, 5) is 34.7. The van der Waals surface area contributed by atoms with Gasteiger partial charge in [-0.2, -0.15) is 0 Å². The van der Waals surface area contributed by atoms with E-state index >= 15 is 0 Å². The van der Waals surface area contributed by atoms with Crippen LogP contribution in [-0.2, 0) is 16.0 Å². The number of methoxy groups -OCH3 is 1. The van der Waals surface area contributed by atoms with Crippen molar-refractivity contribution >= 4 is 23.6 Å². The third-order valence-corrected chi connectivity index (χ3v) is 5.68. The van der Waals surface area contributed by atoms with Crippen LogP contribution in [0.2, 0.25) is 5.02 Å². The van der Waals surface area contributed by atoms with E-state index in [1.165, 1.54) is 7.11 Å². The summed E-state index contributed by atoms with van der Waals surface area (Å²) in [5.41, 5.74) is 2.55. The van der Waals surface area contributed by atoms with Crippen LogP contribution in [-0.4, -0.2) is 46.6 Å². The lowest BCUT2D eigenvalue weighted by atomic mass is 9.95. The smallest absolute Gasteiger partial charge is 0.328 e. The summed E-state index contributed by atoms with van der Waals surface area (Å²) in [6.07, 6.45) is 3.01. The number of esters is 1. The first-order valence-electron chi connectivity index (χ1n) is 9.39. The fourth-order valence-electron chi connectivity index (χ4n) is 3.52. The molecule has 150 valence electrons. The average Bonchev–Trinajstić information content (AvgIpc) is 3.19. The Labute approximate surface area is 169 Å². The van der Waals surface area contributed by atoms with Crippen molar-refractivity contribution in [3.05, 3.63) is 52.6 Å². The number of benzene rings is 1. The molecule has 0 saturated heterocycles. The van der Waals surface area contributed by atoms with E-state index in [1.807, 2.05) is 32.0 Å². The summed E-state index contributed by atoms with van der Waals surface area (Å²) in [6.45, 7) is 4.36. The van der Waals surface area contributed by atoms with E-state index in [4.69, 9.17) is 16.3 Å². The molecule has 1 aromatic heterocycles. The molecule has 7 nitrogen and oxygen atoms in total. The van der Waals surface area contributed by atoms with Crippen molar-refractivity contribution in [1.29, 1.82) is 0 Å². The number of fused-ring (bicyclic) bond motifs is 1. The highest BCUT2D eigenvalue weighted by Gasteiger charge is 2.37. The molecule has 28 heavy (non-hydrogen) atoms. The number of nitrogens with zero attached hydrogens (tertiary/aromatic N) is 2. The predicted octanol–water partition coefficient (Wildman–Crippen LogP) is 3.31. The molecule has 2 heterocycles. The van der Waals surface area contributed by atoms with Crippen molar-refractivity contribution < 1.29 is 14.3 Å². The normalized spacial score (nSPS) is 18.1. The van der Waals surface area contributed by atoms with E-state index < -0.39 is 18.1 Å². The first kappa shape index (κ1) is 20.2. The molecule has 2 amide bonds. The molecule has 0 radical (unpaired) electrons. The van der Waals surface area contributed by atoms with Crippen LogP contribution >= 0.6 is 11.6 Å². The molecule has 0 fully saturated rings. The number of rotatable bonds is 5. The highest BCUT2D eigenvalue weighted by molar-refractivity contribution is 6.31. The third-order valence-electron chi connectivity index (χ3n) is 5.33. The summed E-state index contributed by atoms with van der Waals surface area (Å²) in [6, 6.07) is 5.94. The van der Waals surface area contributed by atoms with Gasteiger partial charge in [-0.25, -0.2) is 14.6 Å². The number of hydrogen-bond acceptors (Lipinski definition) is 4. The maximum atomic E-state index is 13.2. The number of urea groups is 1. The number of halogens is 1. The van der Waals surface area contributed by atoms with Crippen molar-refractivity contribution in [1.82, 2.24) is 20.2 Å². The number of aromatic nitrogens is 2. The lowest BCUT2D eigenvalue weighted by Crippen LogP contribution is -2.53. The molecule has 0 spiro atoms. The molecule has 0 unspecified atom stereocenters. The minimum absolute atomic E-state index is 0.0547. The molecule has 0 aliphatic carbocycles. The van der Waals surface area contributed by atoms with Crippen LogP contribution in [0.3, 0.4) is 0 Å². The minimum atomic E-state index is -0.713. The second kappa shape index (κ2) is 8.65. The molecular weight excluding hydrogens is 380 g/mol.